The number of carbonyl (C=O) groups excluding carboxylic acids is 1. The van der Waals surface area contributed by atoms with Crippen LogP contribution in [0.5, 0.6) is 5.88 Å². The fourth-order valence-electron chi connectivity index (χ4n) is 8.68. The normalized spacial score (nSPS) is 12.1. The molecule has 25 heteroatoms. The summed E-state index contributed by atoms with van der Waals surface area (Å²) in [5, 5.41) is 0. The van der Waals surface area contributed by atoms with Crippen molar-refractivity contribution in [1.29, 1.82) is 0 Å². The van der Waals surface area contributed by atoms with Crippen LogP contribution in [0.2, 0.25) is 0 Å². The van der Waals surface area contributed by atoms with E-state index in [1.807, 2.05) is 59.2 Å². The van der Waals surface area contributed by atoms with Crippen LogP contribution in [0.25, 0.3) is 11.1 Å². The molecule has 9 rings (SSSR count). The van der Waals surface area contributed by atoms with Crippen molar-refractivity contribution >= 4 is 33.8 Å². The summed E-state index contributed by atoms with van der Waals surface area (Å²) in [4.78, 5) is 16.9. The lowest BCUT2D eigenvalue weighted by Crippen LogP contribution is -2.81. The molecule has 0 aliphatic heterocycles. The summed E-state index contributed by atoms with van der Waals surface area (Å²) in [5.74, 6) is -70.9. The van der Waals surface area contributed by atoms with Gasteiger partial charge in [0.25, 0.3) is 5.88 Å². The number of hydrogen-bond acceptors (Lipinski definition) is 3. The molecule has 0 radical (unpaired) electrons. The van der Waals surface area contributed by atoms with Gasteiger partial charge in [-0.15, -0.1) is 21.9 Å². The van der Waals surface area contributed by atoms with Crippen molar-refractivity contribution in [1.82, 2.24) is 4.98 Å². The topological polar surface area (TPSA) is 43.1 Å². The molecule has 0 N–H and O–H groups in total. The summed E-state index contributed by atoms with van der Waals surface area (Å²) in [6.45, 7) is 0.237. The van der Waals surface area contributed by atoms with Gasteiger partial charge in [0.1, 0.15) is 52.7 Å². The Morgan fingerprint density at radius 3 is 1.05 bits per heavy atom. The van der Waals surface area contributed by atoms with Gasteiger partial charge in [0.2, 0.25) is 18.5 Å². The lowest BCUT2D eigenvalue weighted by Gasteiger charge is -2.44. The molecule has 0 unspecified atom stereocenters. The zero-order valence-electron chi connectivity index (χ0n) is 35.9. The Morgan fingerprint density at radius 1 is 0.419 bits per heavy atom. The standard InChI is InChI=1S/C25H19N2O2.C24BF20/c28-23(18-8-2-1-3-9-18)16-27-15-14-26-24(17-27)29-25-21-12-6-4-10-19(21)20-11-5-7-13-22(20)25;26-5-1(6(27)14(35)21(42)13(5)34)25(2-7(28)15(36)22(43)16(37)8(2)29,3-9(30)17(38)23(44)18(39)10(3)31)4-11(32)19(40)24(45)20(41)12(4)33/h1-15,17,25H,16H2;/q+1;-1. The third-order valence-electron chi connectivity index (χ3n) is 11.9. The Balaban J connectivity index is 0.000000215. The number of hydrogen-bond donors (Lipinski definition) is 0. The molecular weight excluding hydrogens is 1040 g/mol. The number of ketones is 1. The number of Topliss-reactive ketones (excluding diaryl/α,β-unsaturated/α-hetero) is 1. The van der Waals surface area contributed by atoms with Crippen LogP contribution in [0.15, 0.2) is 97.5 Å². The van der Waals surface area contributed by atoms with E-state index in [4.69, 9.17) is 4.74 Å². The first-order valence-electron chi connectivity index (χ1n) is 20.5. The number of nitrogens with zero attached hydrogens (tertiary/aromatic N) is 2. The first-order chi connectivity index (χ1) is 35.0. The van der Waals surface area contributed by atoms with Crippen LogP contribution in [0, 0.1) is 116 Å². The lowest BCUT2D eigenvalue weighted by atomic mass is 9.12. The largest absolute Gasteiger partial charge is 0.460 e. The quantitative estimate of drug-likeness (QED) is 0.0361. The molecule has 0 saturated heterocycles. The monoisotopic (exact) mass is 1060 g/mol. The molecule has 1 aromatic heterocycles. The van der Waals surface area contributed by atoms with E-state index >= 15 is 35.1 Å². The van der Waals surface area contributed by atoms with Crippen LogP contribution in [0.1, 0.15) is 27.6 Å². The maximum absolute atomic E-state index is 15.4. The zero-order chi connectivity index (χ0) is 54.0. The van der Waals surface area contributed by atoms with Crippen molar-refractivity contribution in [3.8, 4) is 17.0 Å². The number of rotatable bonds is 9. The number of ether oxygens (including phenoxy) is 1. The molecule has 0 bridgehead atoms. The van der Waals surface area contributed by atoms with Crippen molar-refractivity contribution in [3.05, 3.63) is 230 Å². The molecule has 1 aliphatic carbocycles. The second kappa shape index (κ2) is 19.6. The van der Waals surface area contributed by atoms with Gasteiger partial charge in [-0.05, 0) is 11.1 Å². The van der Waals surface area contributed by atoms with E-state index in [1.165, 1.54) is 11.1 Å². The van der Waals surface area contributed by atoms with Gasteiger partial charge in [-0.2, -0.15) is 4.57 Å². The molecule has 1 aliphatic rings. The average molecular weight is 1060 g/mol. The van der Waals surface area contributed by atoms with Gasteiger partial charge in [-0.25, -0.2) is 92.8 Å². The Bertz CT molecular complexity index is 3190. The molecule has 0 atom stereocenters. The highest BCUT2D eigenvalue weighted by atomic mass is 19.2. The summed E-state index contributed by atoms with van der Waals surface area (Å²) >= 11 is 0. The fourth-order valence-corrected chi connectivity index (χ4v) is 8.68. The summed E-state index contributed by atoms with van der Waals surface area (Å²) in [5.41, 5.74) is -8.99. The van der Waals surface area contributed by atoms with Crippen molar-refractivity contribution in [2.75, 3.05) is 0 Å². The van der Waals surface area contributed by atoms with Crippen molar-refractivity contribution in [3.63, 3.8) is 0 Å². The van der Waals surface area contributed by atoms with E-state index in [2.05, 4.69) is 29.2 Å². The molecule has 380 valence electrons. The van der Waals surface area contributed by atoms with Gasteiger partial charge in [0, 0.05) is 16.7 Å². The SMILES string of the molecule is Fc1c(F)c(F)c([B-](c2c(F)c(F)c(F)c(F)c2F)(c2c(F)c(F)c(F)c(F)c2F)c2c(F)c(F)c(F)c(F)c2F)c(F)c1F.O=C(C[n+]1ccnc(OC2c3ccccc3-c3ccccc32)c1)c1ccccc1. The lowest BCUT2D eigenvalue weighted by molar-refractivity contribution is -0.684. The summed E-state index contributed by atoms with van der Waals surface area (Å²) in [6.07, 6.45) is -2.20. The Morgan fingerprint density at radius 2 is 0.716 bits per heavy atom. The van der Waals surface area contributed by atoms with Crippen LogP contribution in [-0.2, 0) is 6.54 Å². The van der Waals surface area contributed by atoms with Crippen LogP contribution in [0.3, 0.4) is 0 Å². The molecule has 8 aromatic rings. The minimum atomic E-state index is -7.22. The number of halogens is 20. The van der Waals surface area contributed by atoms with Crippen molar-refractivity contribution in [2.45, 2.75) is 12.6 Å². The summed E-state index contributed by atoms with van der Waals surface area (Å²) in [6, 6.07) is 25.9. The van der Waals surface area contributed by atoms with Crippen molar-refractivity contribution in [2.24, 2.45) is 0 Å². The maximum Gasteiger partial charge on any atom is 0.280 e. The molecule has 4 nitrogen and oxygen atoms in total. The molecule has 0 saturated carbocycles. The van der Waals surface area contributed by atoms with E-state index in [0.29, 0.717) is 11.4 Å². The molecule has 74 heavy (non-hydrogen) atoms. The van der Waals surface area contributed by atoms with E-state index in [9.17, 15) is 57.5 Å². The highest BCUT2D eigenvalue weighted by Gasteiger charge is 2.52. The molecule has 0 spiro atoms. The Hall–Kier alpha value is -8.25. The van der Waals surface area contributed by atoms with E-state index in [-0.39, 0.29) is 18.4 Å². The maximum atomic E-state index is 15.4. The Labute approximate surface area is 400 Å². The van der Waals surface area contributed by atoms with Gasteiger partial charge in [0.05, 0.1) is 6.20 Å². The number of aromatic nitrogens is 2. The molecule has 1 heterocycles. The Kier molecular flexibility index (Phi) is 13.8. The van der Waals surface area contributed by atoms with Crippen LogP contribution in [-0.4, -0.2) is 16.9 Å². The first-order valence-corrected chi connectivity index (χ1v) is 20.5. The predicted octanol–water partition coefficient (Wildman–Crippen LogP) is 10.2. The smallest absolute Gasteiger partial charge is 0.280 e. The van der Waals surface area contributed by atoms with Gasteiger partial charge < -0.3 is 4.74 Å². The second-order valence-corrected chi connectivity index (χ2v) is 15.8. The predicted molar refractivity (Wildman–Crippen MR) is 219 cm³/mol. The van der Waals surface area contributed by atoms with Crippen molar-refractivity contribution < 1.29 is 102 Å². The van der Waals surface area contributed by atoms with Gasteiger partial charge in [0.15, 0.2) is 82.1 Å². The minimum absolute atomic E-state index is 0.0457. The summed E-state index contributed by atoms with van der Waals surface area (Å²) in [7, 11) is 0. The van der Waals surface area contributed by atoms with Gasteiger partial charge in [-0.1, -0.05) is 78.9 Å². The molecule has 7 aromatic carbocycles. The average Bonchev–Trinajstić information content (AvgIpc) is 3.71. The van der Waals surface area contributed by atoms with E-state index in [1.54, 1.807) is 18.6 Å². The van der Waals surface area contributed by atoms with E-state index in [0.717, 1.165) is 11.1 Å². The van der Waals surface area contributed by atoms with Gasteiger partial charge in [-0.3, -0.25) is 4.79 Å². The number of fused-ring (bicyclic) bond motifs is 3. The van der Waals surface area contributed by atoms with Crippen LogP contribution >= 0.6 is 0 Å². The van der Waals surface area contributed by atoms with Crippen LogP contribution < -0.4 is 31.2 Å². The van der Waals surface area contributed by atoms with Crippen LogP contribution in [0.4, 0.5) is 87.8 Å². The minimum Gasteiger partial charge on any atom is -0.460 e. The van der Waals surface area contributed by atoms with Gasteiger partial charge >= 0.3 is 0 Å². The fraction of sp³-hybridized carbons (Fsp3) is 0.0408. The van der Waals surface area contributed by atoms with E-state index < -0.39 is 144 Å². The zero-order valence-corrected chi connectivity index (χ0v) is 35.9. The number of benzene rings is 7. The first kappa shape index (κ1) is 52.1. The second-order valence-electron chi connectivity index (χ2n) is 15.8. The molecular formula is C49H19BF20N2O2. The highest BCUT2D eigenvalue weighted by Crippen LogP contribution is 2.45. The molecule has 0 fully saturated rings. The third kappa shape index (κ3) is 8.13. The number of carbonyl (C=O) groups is 1. The summed E-state index contributed by atoms with van der Waals surface area (Å²) < 4.78 is 302. The third-order valence-corrected chi connectivity index (χ3v) is 11.9. The molecule has 0 amide bonds. The highest BCUT2D eigenvalue weighted by molar-refractivity contribution is 7.20.